The molecule has 2 aromatic rings. The van der Waals surface area contributed by atoms with Crippen molar-refractivity contribution in [3.63, 3.8) is 0 Å². The molecule has 0 unspecified atom stereocenters. The van der Waals surface area contributed by atoms with Gasteiger partial charge in [0.1, 0.15) is 0 Å². The van der Waals surface area contributed by atoms with E-state index in [4.69, 9.17) is 13.9 Å². The summed E-state index contributed by atoms with van der Waals surface area (Å²) in [5.74, 6) is -1.30. The average Bonchev–Trinajstić information content (AvgIpc) is 3.29. The Morgan fingerprint density at radius 2 is 1.37 bits per heavy atom. The Kier molecular flexibility index (Phi) is 8.91. The molecule has 1 saturated heterocycles. The van der Waals surface area contributed by atoms with Crippen molar-refractivity contribution in [2.24, 2.45) is 0 Å². The molecular formula is C28H37NO5Si. The van der Waals surface area contributed by atoms with Crippen molar-refractivity contribution in [3.05, 3.63) is 71.9 Å². The number of benzene rings is 2. The van der Waals surface area contributed by atoms with Gasteiger partial charge in [-0.1, -0.05) is 81.4 Å². The molecule has 1 N–H and O–H groups in total. The van der Waals surface area contributed by atoms with Gasteiger partial charge >= 0.3 is 11.9 Å². The number of rotatable bonds is 9. The highest BCUT2D eigenvalue weighted by molar-refractivity contribution is 6.99. The van der Waals surface area contributed by atoms with Crippen LogP contribution < -0.4 is 15.7 Å². The Balaban J connectivity index is 1.92. The lowest BCUT2D eigenvalue weighted by Gasteiger charge is -2.43. The summed E-state index contributed by atoms with van der Waals surface area (Å²) in [7, 11) is -2.67. The van der Waals surface area contributed by atoms with Gasteiger partial charge in [-0.2, -0.15) is 0 Å². The van der Waals surface area contributed by atoms with Crippen molar-refractivity contribution in [2.75, 3.05) is 19.8 Å². The van der Waals surface area contributed by atoms with E-state index in [2.05, 4.69) is 74.6 Å². The summed E-state index contributed by atoms with van der Waals surface area (Å²) >= 11 is 0. The van der Waals surface area contributed by atoms with E-state index in [9.17, 15) is 9.59 Å². The van der Waals surface area contributed by atoms with Crippen molar-refractivity contribution < 1.29 is 23.5 Å². The van der Waals surface area contributed by atoms with Crippen molar-refractivity contribution in [1.82, 2.24) is 5.32 Å². The number of nitrogens with one attached hydrogen (secondary N) is 1. The van der Waals surface area contributed by atoms with E-state index in [0.717, 1.165) is 6.42 Å². The van der Waals surface area contributed by atoms with Gasteiger partial charge in [-0.25, -0.2) is 9.59 Å². The van der Waals surface area contributed by atoms with E-state index in [0.29, 0.717) is 18.7 Å². The Labute approximate surface area is 209 Å². The van der Waals surface area contributed by atoms with Crippen LogP contribution in [0.3, 0.4) is 0 Å². The summed E-state index contributed by atoms with van der Waals surface area (Å²) in [4.78, 5) is 25.1. The number of carbonyl (C=O) groups excluding carboxylic acids is 2. The molecule has 188 valence electrons. The van der Waals surface area contributed by atoms with Crippen LogP contribution in [0, 0.1) is 0 Å². The monoisotopic (exact) mass is 495 g/mol. The average molecular weight is 496 g/mol. The van der Waals surface area contributed by atoms with Gasteiger partial charge in [0.15, 0.2) is 5.57 Å². The number of esters is 2. The Hall–Kier alpha value is -2.90. The second-order valence-electron chi connectivity index (χ2n) is 9.65. The largest absolute Gasteiger partial charge is 0.462 e. The Morgan fingerprint density at radius 1 is 0.886 bits per heavy atom. The number of allylic oxidation sites excluding steroid dienone is 1. The molecule has 2 aromatic carbocycles. The van der Waals surface area contributed by atoms with E-state index in [1.54, 1.807) is 13.8 Å². The van der Waals surface area contributed by atoms with Crippen LogP contribution in [0.25, 0.3) is 0 Å². The van der Waals surface area contributed by atoms with Gasteiger partial charge in [0.25, 0.3) is 8.32 Å². The first-order valence-electron chi connectivity index (χ1n) is 12.3. The maximum atomic E-state index is 12.5. The molecule has 1 fully saturated rings. The van der Waals surface area contributed by atoms with Crippen LogP contribution >= 0.6 is 0 Å². The van der Waals surface area contributed by atoms with Crippen LogP contribution in [0.5, 0.6) is 0 Å². The molecular weight excluding hydrogens is 458 g/mol. The SMILES string of the molecule is CCOC(=O)C(C(=O)OCC)=C1CC[C@H](CO[Si](c2ccccc2)(c2ccccc2)C(C)(C)C)N1. The minimum Gasteiger partial charge on any atom is -0.462 e. The molecule has 0 aliphatic carbocycles. The van der Waals surface area contributed by atoms with Crippen LogP contribution in [0.1, 0.15) is 47.5 Å². The summed E-state index contributed by atoms with van der Waals surface area (Å²) in [5, 5.41) is 5.67. The third kappa shape index (κ3) is 5.85. The van der Waals surface area contributed by atoms with Crippen LogP contribution in [0.4, 0.5) is 0 Å². The summed E-state index contributed by atoms with van der Waals surface area (Å²) in [5.41, 5.74) is 0.527. The van der Waals surface area contributed by atoms with Gasteiger partial charge in [0.05, 0.1) is 19.8 Å². The first kappa shape index (κ1) is 26.7. The van der Waals surface area contributed by atoms with Crippen LogP contribution in [0.15, 0.2) is 71.9 Å². The molecule has 1 aliphatic rings. The van der Waals surface area contributed by atoms with Crippen molar-refractivity contribution in [1.29, 1.82) is 0 Å². The van der Waals surface area contributed by atoms with Crippen LogP contribution in [0.2, 0.25) is 5.04 Å². The highest BCUT2D eigenvalue weighted by Crippen LogP contribution is 2.37. The van der Waals surface area contributed by atoms with E-state index in [1.165, 1.54) is 10.4 Å². The molecule has 1 aliphatic heterocycles. The maximum absolute atomic E-state index is 12.5. The molecule has 0 spiro atoms. The number of carbonyl (C=O) groups is 2. The lowest BCUT2D eigenvalue weighted by molar-refractivity contribution is -0.146. The smallest absolute Gasteiger partial charge is 0.347 e. The van der Waals surface area contributed by atoms with Gasteiger partial charge < -0.3 is 19.2 Å². The maximum Gasteiger partial charge on any atom is 0.347 e. The lowest BCUT2D eigenvalue weighted by Crippen LogP contribution is -2.67. The fraction of sp³-hybridized carbons (Fsp3) is 0.429. The lowest BCUT2D eigenvalue weighted by atomic mass is 10.1. The van der Waals surface area contributed by atoms with Gasteiger partial charge in [-0.15, -0.1) is 0 Å². The molecule has 35 heavy (non-hydrogen) atoms. The van der Waals surface area contributed by atoms with E-state index in [1.807, 2.05) is 12.1 Å². The van der Waals surface area contributed by atoms with Crippen LogP contribution in [-0.2, 0) is 23.5 Å². The molecule has 7 heteroatoms. The minimum absolute atomic E-state index is 0.0366. The Bertz CT molecular complexity index is 971. The molecule has 6 nitrogen and oxygen atoms in total. The Morgan fingerprint density at radius 3 is 1.80 bits per heavy atom. The molecule has 3 rings (SSSR count). The highest BCUT2D eigenvalue weighted by atomic mass is 28.4. The van der Waals surface area contributed by atoms with Crippen molar-refractivity contribution in [2.45, 2.75) is 58.5 Å². The van der Waals surface area contributed by atoms with Gasteiger partial charge in [0, 0.05) is 11.7 Å². The first-order chi connectivity index (χ1) is 16.7. The molecule has 0 bridgehead atoms. The number of hydrogen-bond donors (Lipinski definition) is 1. The zero-order chi connectivity index (χ0) is 25.5. The van der Waals surface area contributed by atoms with Crippen molar-refractivity contribution >= 4 is 30.6 Å². The fourth-order valence-corrected chi connectivity index (χ4v) is 9.36. The second kappa shape index (κ2) is 11.7. The quantitative estimate of drug-likeness (QED) is 0.188. The fourth-order valence-electron chi connectivity index (χ4n) is 4.75. The standard InChI is InChI=1S/C28H37NO5Si/c1-6-32-26(30)25(27(31)33-7-2)24-19-18-21(29-24)20-34-35(28(3,4)5,22-14-10-8-11-15-22)23-16-12-9-13-17-23/h8-17,21,29H,6-7,18-20H2,1-5H3/t21-/m1/s1. The number of hydrogen-bond acceptors (Lipinski definition) is 6. The second-order valence-corrected chi connectivity index (χ2v) is 14.0. The summed E-state index contributed by atoms with van der Waals surface area (Å²) in [6, 6.07) is 20.9. The van der Waals surface area contributed by atoms with Gasteiger partial charge in [-0.05, 0) is 42.1 Å². The molecule has 1 atom stereocenters. The van der Waals surface area contributed by atoms with E-state index in [-0.39, 0.29) is 29.9 Å². The third-order valence-corrected chi connectivity index (χ3v) is 11.3. The third-order valence-electron chi connectivity index (χ3n) is 6.30. The zero-order valence-electron chi connectivity index (χ0n) is 21.4. The minimum atomic E-state index is -2.67. The number of ether oxygens (including phenoxy) is 2. The van der Waals surface area contributed by atoms with E-state index >= 15 is 0 Å². The molecule has 0 amide bonds. The summed E-state index contributed by atoms with van der Waals surface area (Å²) < 4.78 is 17.3. The summed E-state index contributed by atoms with van der Waals surface area (Å²) in [6.07, 6.45) is 1.30. The van der Waals surface area contributed by atoms with Crippen LogP contribution in [-0.4, -0.2) is 46.1 Å². The normalized spacial score (nSPS) is 15.9. The highest BCUT2D eigenvalue weighted by Gasteiger charge is 2.50. The van der Waals surface area contributed by atoms with Gasteiger partial charge in [0.2, 0.25) is 0 Å². The topological polar surface area (TPSA) is 73.9 Å². The predicted octanol–water partition coefficient (Wildman–Crippen LogP) is 3.70. The van der Waals surface area contributed by atoms with Crippen molar-refractivity contribution in [3.8, 4) is 0 Å². The molecule has 1 heterocycles. The summed E-state index contributed by atoms with van der Waals surface area (Å²) in [6.45, 7) is 11.0. The molecule has 0 saturated carbocycles. The molecule has 0 radical (unpaired) electrons. The zero-order valence-corrected chi connectivity index (χ0v) is 22.4. The predicted molar refractivity (Wildman–Crippen MR) is 140 cm³/mol. The van der Waals surface area contributed by atoms with Gasteiger partial charge in [-0.3, -0.25) is 0 Å². The molecule has 0 aromatic heterocycles. The first-order valence-corrected chi connectivity index (χ1v) is 14.2. The van der Waals surface area contributed by atoms with E-state index < -0.39 is 20.3 Å².